The summed E-state index contributed by atoms with van der Waals surface area (Å²) < 4.78 is 6.20. The van der Waals surface area contributed by atoms with Crippen LogP contribution < -0.4 is 4.74 Å². The minimum absolute atomic E-state index is 0.278. The maximum atomic E-state index is 12.7. The van der Waals surface area contributed by atoms with Crippen LogP contribution in [0.25, 0.3) is 16.8 Å². The van der Waals surface area contributed by atoms with E-state index in [1.807, 2.05) is 54.6 Å². The fraction of sp³-hybridized carbons (Fsp3) is 0.125. The topological polar surface area (TPSA) is 60.4 Å². The molecular formula is C24H18O4. The molecule has 0 saturated heterocycles. The zero-order valence-electron chi connectivity index (χ0n) is 15.3. The minimum Gasteiger partial charge on any atom is -0.473 e. The molecule has 0 amide bonds. The van der Waals surface area contributed by atoms with E-state index in [4.69, 9.17) is 4.74 Å². The Morgan fingerprint density at radius 2 is 1.75 bits per heavy atom. The number of carbonyl (C=O) groups excluding carboxylic acids is 3. The molecule has 2 unspecified atom stereocenters. The highest BCUT2D eigenvalue weighted by molar-refractivity contribution is 6.02. The zero-order valence-corrected chi connectivity index (χ0v) is 15.3. The largest absolute Gasteiger partial charge is 0.473 e. The molecule has 0 aromatic heterocycles. The molecule has 0 saturated carbocycles. The second-order valence-electron chi connectivity index (χ2n) is 6.84. The van der Waals surface area contributed by atoms with Gasteiger partial charge in [0.2, 0.25) is 0 Å². The van der Waals surface area contributed by atoms with E-state index in [0.717, 1.165) is 34.5 Å². The van der Waals surface area contributed by atoms with E-state index < -0.39 is 11.5 Å². The lowest BCUT2D eigenvalue weighted by molar-refractivity contribution is -0.133. The predicted molar refractivity (Wildman–Crippen MR) is 108 cm³/mol. The zero-order chi connectivity index (χ0) is 19.7. The Morgan fingerprint density at radius 3 is 2.50 bits per heavy atom. The van der Waals surface area contributed by atoms with E-state index >= 15 is 0 Å². The van der Waals surface area contributed by atoms with Crippen molar-refractivity contribution in [2.45, 2.75) is 18.4 Å². The Hall–Kier alpha value is -3.53. The van der Waals surface area contributed by atoms with Crippen LogP contribution in [-0.2, 0) is 9.59 Å². The molecule has 3 aromatic rings. The van der Waals surface area contributed by atoms with E-state index in [1.165, 1.54) is 6.92 Å². The van der Waals surface area contributed by atoms with Crippen molar-refractivity contribution in [1.82, 2.24) is 0 Å². The van der Waals surface area contributed by atoms with Crippen LogP contribution in [0.4, 0.5) is 0 Å². The number of ketones is 1. The molecule has 1 aliphatic rings. The molecule has 0 aliphatic heterocycles. The van der Waals surface area contributed by atoms with E-state index in [1.54, 1.807) is 18.2 Å². The number of hydrogen-bond donors (Lipinski definition) is 0. The van der Waals surface area contributed by atoms with Crippen molar-refractivity contribution in [1.29, 1.82) is 0 Å². The first kappa shape index (κ1) is 17.9. The van der Waals surface area contributed by atoms with Gasteiger partial charge in [-0.3, -0.25) is 9.59 Å². The van der Waals surface area contributed by atoms with Crippen LogP contribution in [0.2, 0.25) is 0 Å². The maximum Gasteiger partial charge on any atom is 0.198 e. The monoisotopic (exact) mass is 370 g/mol. The molecule has 2 atom stereocenters. The molecule has 0 bridgehead atoms. The lowest BCUT2D eigenvalue weighted by Gasteiger charge is -2.37. The van der Waals surface area contributed by atoms with Gasteiger partial charge in [-0.05, 0) is 41.0 Å². The standard InChI is InChI=1S/C24H18O4/c1-16(27)24(13-12-18-7-3-5-9-20(18)22(24)15-26)28-23-11-10-17-6-2-4-8-19(17)21(23)14-25/h2-15,22H,1H3. The Bertz CT molecular complexity index is 1130. The third kappa shape index (κ3) is 2.65. The number of fused-ring (bicyclic) bond motifs is 2. The average Bonchev–Trinajstić information content (AvgIpc) is 2.73. The smallest absolute Gasteiger partial charge is 0.198 e. The molecule has 138 valence electrons. The summed E-state index contributed by atoms with van der Waals surface area (Å²) in [6, 6.07) is 18.4. The molecule has 0 spiro atoms. The molecule has 0 fully saturated rings. The summed E-state index contributed by atoms with van der Waals surface area (Å²) in [5.74, 6) is -0.836. The van der Waals surface area contributed by atoms with Crippen LogP contribution in [0.3, 0.4) is 0 Å². The molecule has 4 heteroatoms. The van der Waals surface area contributed by atoms with E-state index in [2.05, 4.69) is 0 Å². The highest BCUT2D eigenvalue weighted by Gasteiger charge is 2.47. The third-order valence-corrected chi connectivity index (χ3v) is 5.32. The number of carbonyl (C=O) groups is 3. The van der Waals surface area contributed by atoms with E-state index in [9.17, 15) is 14.4 Å². The van der Waals surface area contributed by atoms with Gasteiger partial charge in [0.25, 0.3) is 0 Å². The predicted octanol–water partition coefficient (Wildman–Crippen LogP) is 4.37. The van der Waals surface area contributed by atoms with Gasteiger partial charge in [-0.1, -0.05) is 60.7 Å². The second kappa shape index (κ2) is 6.89. The summed E-state index contributed by atoms with van der Waals surface area (Å²) in [6.45, 7) is 1.40. The van der Waals surface area contributed by atoms with E-state index in [-0.39, 0.29) is 11.5 Å². The summed E-state index contributed by atoms with van der Waals surface area (Å²) in [7, 11) is 0. The van der Waals surface area contributed by atoms with Crippen LogP contribution in [0.5, 0.6) is 5.75 Å². The van der Waals surface area contributed by atoms with Crippen LogP contribution in [0.15, 0.2) is 66.7 Å². The Kier molecular flexibility index (Phi) is 4.40. The Balaban J connectivity index is 1.89. The molecule has 28 heavy (non-hydrogen) atoms. The lowest BCUT2D eigenvalue weighted by atomic mass is 9.74. The van der Waals surface area contributed by atoms with Gasteiger partial charge in [-0.25, -0.2) is 0 Å². The van der Waals surface area contributed by atoms with Gasteiger partial charge in [-0.2, -0.15) is 0 Å². The highest BCUT2D eigenvalue weighted by atomic mass is 16.5. The van der Waals surface area contributed by atoms with Crippen molar-refractivity contribution in [2.75, 3.05) is 0 Å². The van der Waals surface area contributed by atoms with Gasteiger partial charge in [0.05, 0.1) is 11.5 Å². The molecule has 0 N–H and O–H groups in total. The number of ether oxygens (including phenoxy) is 1. The molecular weight excluding hydrogens is 352 g/mol. The average molecular weight is 370 g/mol. The second-order valence-corrected chi connectivity index (χ2v) is 6.84. The third-order valence-electron chi connectivity index (χ3n) is 5.32. The summed E-state index contributed by atoms with van der Waals surface area (Å²) >= 11 is 0. The van der Waals surface area contributed by atoms with Crippen molar-refractivity contribution >= 4 is 35.2 Å². The van der Waals surface area contributed by atoms with Crippen molar-refractivity contribution in [3.63, 3.8) is 0 Å². The van der Waals surface area contributed by atoms with Gasteiger partial charge < -0.3 is 9.53 Å². The van der Waals surface area contributed by atoms with Gasteiger partial charge in [0.1, 0.15) is 12.0 Å². The fourth-order valence-corrected chi connectivity index (χ4v) is 3.84. The van der Waals surface area contributed by atoms with Crippen molar-refractivity contribution < 1.29 is 19.1 Å². The number of rotatable bonds is 5. The quantitative estimate of drug-likeness (QED) is 0.626. The number of aldehydes is 2. The lowest BCUT2D eigenvalue weighted by Crippen LogP contribution is -2.49. The number of benzene rings is 3. The summed E-state index contributed by atoms with van der Waals surface area (Å²) in [6.07, 6.45) is 4.88. The minimum atomic E-state index is -1.50. The Morgan fingerprint density at radius 1 is 1.00 bits per heavy atom. The van der Waals surface area contributed by atoms with E-state index in [0.29, 0.717) is 5.56 Å². The fourth-order valence-electron chi connectivity index (χ4n) is 3.84. The molecule has 3 aromatic carbocycles. The van der Waals surface area contributed by atoms with Gasteiger partial charge in [0, 0.05) is 0 Å². The first-order valence-electron chi connectivity index (χ1n) is 9.01. The molecule has 4 rings (SSSR count). The van der Waals surface area contributed by atoms with Crippen LogP contribution in [0.1, 0.15) is 34.3 Å². The normalized spacial score (nSPS) is 20.4. The summed E-state index contributed by atoms with van der Waals surface area (Å²) in [5, 5.41) is 1.63. The van der Waals surface area contributed by atoms with Crippen molar-refractivity contribution in [2.24, 2.45) is 0 Å². The first-order chi connectivity index (χ1) is 13.6. The van der Waals surface area contributed by atoms with Crippen molar-refractivity contribution in [3.8, 4) is 5.75 Å². The Labute approximate surface area is 162 Å². The number of hydrogen-bond acceptors (Lipinski definition) is 4. The molecule has 0 radical (unpaired) electrons. The van der Waals surface area contributed by atoms with Crippen LogP contribution in [-0.4, -0.2) is 24.0 Å². The maximum absolute atomic E-state index is 12.7. The van der Waals surface area contributed by atoms with Crippen molar-refractivity contribution in [3.05, 3.63) is 83.4 Å². The summed E-state index contributed by atoms with van der Waals surface area (Å²) in [4.78, 5) is 36.7. The van der Waals surface area contributed by atoms with Gasteiger partial charge in [-0.15, -0.1) is 0 Å². The van der Waals surface area contributed by atoms with Crippen LogP contribution in [0, 0.1) is 0 Å². The molecule has 1 aliphatic carbocycles. The summed E-state index contributed by atoms with van der Waals surface area (Å²) in [5.41, 5.74) is 0.449. The van der Waals surface area contributed by atoms with Gasteiger partial charge >= 0.3 is 0 Å². The first-order valence-corrected chi connectivity index (χ1v) is 9.01. The van der Waals surface area contributed by atoms with Gasteiger partial charge in [0.15, 0.2) is 17.7 Å². The molecule has 4 nitrogen and oxygen atoms in total. The number of Topliss-reactive ketones (excluding diaryl/α,β-unsaturated/α-hetero) is 1. The van der Waals surface area contributed by atoms with Crippen LogP contribution >= 0.6 is 0 Å². The highest BCUT2D eigenvalue weighted by Crippen LogP contribution is 2.41. The SMILES string of the molecule is CC(=O)C1(Oc2ccc3ccccc3c2C=O)C=Cc2ccccc2C1C=O. The molecule has 0 heterocycles.